The lowest BCUT2D eigenvalue weighted by atomic mass is 10.00. The molecule has 1 aromatic carbocycles. The van der Waals surface area contributed by atoms with E-state index in [1.54, 1.807) is 6.20 Å². The summed E-state index contributed by atoms with van der Waals surface area (Å²) in [6.07, 6.45) is 2.84. The zero-order valence-electron chi connectivity index (χ0n) is 18.9. The van der Waals surface area contributed by atoms with Crippen molar-refractivity contribution in [2.24, 2.45) is 10.2 Å². The van der Waals surface area contributed by atoms with Gasteiger partial charge in [-0.1, -0.05) is 17.7 Å². The zero-order valence-corrected chi connectivity index (χ0v) is 19.7. The molecule has 0 saturated carbocycles. The van der Waals surface area contributed by atoms with Gasteiger partial charge in [0.15, 0.2) is 11.6 Å². The van der Waals surface area contributed by atoms with E-state index in [4.69, 9.17) is 16.3 Å². The Kier molecular flexibility index (Phi) is 7.38. The monoisotopic (exact) mass is 497 g/mol. The number of nitrogens with one attached hydrogen (secondary N) is 3. The molecule has 2 aromatic heterocycles. The third-order valence-electron chi connectivity index (χ3n) is 5.79. The van der Waals surface area contributed by atoms with Gasteiger partial charge in [-0.3, -0.25) is 15.8 Å². The van der Waals surface area contributed by atoms with Gasteiger partial charge < -0.3 is 15.0 Å². The predicted molar refractivity (Wildman–Crippen MR) is 131 cm³/mol. The van der Waals surface area contributed by atoms with Crippen molar-refractivity contribution >= 4 is 34.7 Å². The molecule has 10 nitrogen and oxygen atoms in total. The number of morpholine rings is 1. The van der Waals surface area contributed by atoms with Gasteiger partial charge in [-0.05, 0) is 29.8 Å². The van der Waals surface area contributed by atoms with E-state index in [1.807, 2.05) is 35.2 Å². The van der Waals surface area contributed by atoms with Gasteiger partial charge in [-0.15, -0.1) is 5.11 Å². The molecule has 0 radical (unpaired) electrons. The van der Waals surface area contributed by atoms with Gasteiger partial charge in [0, 0.05) is 42.8 Å². The number of ether oxygens (including phenoxy) is 1. The molecule has 2 aliphatic rings. The molecule has 12 heteroatoms. The summed E-state index contributed by atoms with van der Waals surface area (Å²) in [4.78, 5) is 14.4. The molecule has 3 aromatic rings. The number of hydrogen-bond acceptors (Lipinski definition) is 10. The van der Waals surface area contributed by atoms with Crippen molar-refractivity contribution in [3.63, 3.8) is 0 Å². The Morgan fingerprint density at radius 2 is 1.89 bits per heavy atom. The van der Waals surface area contributed by atoms with Crippen LogP contribution in [0.25, 0.3) is 0 Å². The highest BCUT2D eigenvalue weighted by Crippen LogP contribution is 2.29. The molecule has 0 bridgehead atoms. The van der Waals surface area contributed by atoms with E-state index >= 15 is 0 Å². The van der Waals surface area contributed by atoms with Crippen molar-refractivity contribution in [3.8, 4) is 0 Å². The van der Waals surface area contributed by atoms with E-state index in [0.29, 0.717) is 32.2 Å². The molecule has 4 heterocycles. The average Bonchev–Trinajstić information content (AvgIpc) is 3.41. The Hall–Kier alpha value is -3.25. The maximum Gasteiger partial charge on any atom is 0.270 e. The van der Waals surface area contributed by atoms with E-state index in [9.17, 15) is 4.39 Å². The van der Waals surface area contributed by atoms with Crippen LogP contribution in [0.3, 0.4) is 0 Å². The summed E-state index contributed by atoms with van der Waals surface area (Å²) in [7, 11) is 0. The maximum absolute atomic E-state index is 14.1. The summed E-state index contributed by atoms with van der Waals surface area (Å²) in [6.45, 7) is 4.17. The smallest absolute Gasteiger partial charge is 0.270 e. The van der Waals surface area contributed by atoms with Crippen LogP contribution in [-0.4, -0.2) is 54.3 Å². The van der Waals surface area contributed by atoms with Crippen LogP contribution in [0.5, 0.6) is 0 Å². The number of rotatable bonds is 7. The average molecular weight is 498 g/mol. The first-order valence-electron chi connectivity index (χ1n) is 11.4. The standard InChI is InChI=1S/C23H25ClFN9O/c24-20-9-16(3-4-19(20)15-10-28-29-11-15)31-18-2-1-17(26-12-18)13-30-33-23-27-14-21(25)22(32-23)34-5-7-35-8-6-34/h1-4,9,12,14-15,28-29,31H,5-8,10-11,13H2. The minimum Gasteiger partial charge on any atom is -0.378 e. The number of azo groups is 1. The molecule has 2 saturated heterocycles. The first kappa shape index (κ1) is 23.5. The van der Waals surface area contributed by atoms with E-state index in [1.165, 1.54) is 0 Å². The van der Waals surface area contributed by atoms with Gasteiger partial charge >= 0.3 is 0 Å². The molecule has 0 aliphatic carbocycles. The lowest BCUT2D eigenvalue weighted by Crippen LogP contribution is -2.37. The molecule has 2 fully saturated rings. The summed E-state index contributed by atoms with van der Waals surface area (Å²) in [5.41, 5.74) is 9.81. The topological polar surface area (TPSA) is 112 Å². The van der Waals surface area contributed by atoms with Gasteiger partial charge in [-0.25, -0.2) is 9.37 Å². The molecule has 3 N–H and O–H groups in total. The molecule has 35 heavy (non-hydrogen) atoms. The van der Waals surface area contributed by atoms with E-state index in [0.717, 1.165) is 46.9 Å². The second kappa shape index (κ2) is 11.0. The highest BCUT2D eigenvalue weighted by atomic mass is 35.5. The highest BCUT2D eigenvalue weighted by molar-refractivity contribution is 6.31. The van der Waals surface area contributed by atoms with Gasteiger partial charge in [0.1, 0.15) is 6.54 Å². The van der Waals surface area contributed by atoms with Crippen molar-refractivity contribution in [3.05, 3.63) is 64.8 Å². The van der Waals surface area contributed by atoms with Crippen LogP contribution >= 0.6 is 11.6 Å². The normalized spacial score (nSPS) is 16.8. The second-order valence-corrected chi connectivity index (χ2v) is 8.61. The lowest BCUT2D eigenvalue weighted by molar-refractivity contribution is 0.122. The zero-order chi connectivity index (χ0) is 24.0. The quantitative estimate of drug-likeness (QED) is 0.423. The first-order chi connectivity index (χ1) is 17.2. The van der Waals surface area contributed by atoms with E-state index in [2.05, 4.69) is 41.3 Å². The van der Waals surface area contributed by atoms with Crippen LogP contribution < -0.4 is 21.1 Å². The van der Waals surface area contributed by atoms with Crippen LogP contribution in [0.4, 0.5) is 27.5 Å². The summed E-state index contributed by atoms with van der Waals surface area (Å²) in [5, 5.41) is 12.2. The van der Waals surface area contributed by atoms with Gasteiger partial charge in [0.2, 0.25) is 0 Å². The Morgan fingerprint density at radius 3 is 2.63 bits per heavy atom. The first-order valence-corrected chi connectivity index (χ1v) is 11.7. The van der Waals surface area contributed by atoms with Crippen LogP contribution in [0.15, 0.2) is 53.0 Å². The van der Waals surface area contributed by atoms with Crippen LogP contribution in [0, 0.1) is 5.82 Å². The number of hydrogen-bond donors (Lipinski definition) is 3. The molecule has 5 rings (SSSR count). The van der Waals surface area contributed by atoms with E-state index < -0.39 is 5.82 Å². The van der Waals surface area contributed by atoms with Crippen molar-refractivity contribution < 1.29 is 9.13 Å². The Morgan fingerprint density at radius 1 is 1.09 bits per heavy atom. The van der Waals surface area contributed by atoms with Crippen LogP contribution in [-0.2, 0) is 11.3 Å². The van der Waals surface area contributed by atoms with E-state index in [-0.39, 0.29) is 18.3 Å². The second-order valence-electron chi connectivity index (χ2n) is 8.20. The Balaban J connectivity index is 1.18. The lowest BCUT2D eigenvalue weighted by Gasteiger charge is -2.27. The minimum atomic E-state index is -0.487. The molecule has 0 amide bonds. The third kappa shape index (κ3) is 5.88. The fourth-order valence-corrected chi connectivity index (χ4v) is 4.28. The number of hydrazine groups is 1. The number of anilines is 3. The summed E-state index contributed by atoms with van der Waals surface area (Å²) in [5.74, 6) is 0.197. The minimum absolute atomic E-state index is 0.107. The van der Waals surface area contributed by atoms with Gasteiger partial charge in [0.05, 0.1) is 37.0 Å². The number of nitrogens with zero attached hydrogens (tertiary/aromatic N) is 6. The SMILES string of the molecule is Fc1cnc(N=NCc2ccc(Nc3ccc(C4CNNC4)c(Cl)c3)cn2)nc1N1CCOCC1. The van der Waals surface area contributed by atoms with Crippen molar-refractivity contribution in [2.45, 2.75) is 12.5 Å². The number of aromatic nitrogens is 3. The molecular formula is C23H25ClFN9O. The summed E-state index contributed by atoms with van der Waals surface area (Å²) < 4.78 is 19.4. The fraction of sp³-hybridized carbons (Fsp3) is 0.348. The Bertz CT molecular complexity index is 1180. The summed E-state index contributed by atoms with van der Waals surface area (Å²) in [6, 6.07) is 9.75. The largest absolute Gasteiger partial charge is 0.378 e. The van der Waals surface area contributed by atoms with Crippen molar-refractivity contribution in [1.82, 2.24) is 25.8 Å². The Labute approximate surface area is 207 Å². The molecular weight excluding hydrogens is 473 g/mol. The highest BCUT2D eigenvalue weighted by Gasteiger charge is 2.19. The van der Waals surface area contributed by atoms with Gasteiger partial charge in [-0.2, -0.15) is 10.1 Å². The molecule has 182 valence electrons. The molecule has 0 atom stereocenters. The molecule has 0 spiro atoms. The van der Waals surface area contributed by atoms with Gasteiger partial charge in [0.25, 0.3) is 5.95 Å². The number of halogens is 2. The maximum atomic E-state index is 14.1. The number of benzene rings is 1. The predicted octanol–water partition coefficient (Wildman–Crippen LogP) is 3.72. The summed E-state index contributed by atoms with van der Waals surface area (Å²) >= 11 is 6.50. The van der Waals surface area contributed by atoms with Crippen LogP contribution in [0.2, 0.25) is 5.02 Å². The molecule has 2 aliphatic heterocycles. The molecule has 0 unspecified atom stereocenters. The van der Waals surface area contributed by atoms with Crippen molar-refractivity contribution in [2.75, 3.05) is 49.6 Å². The van der Waals surface area contributed by atoms with Crippen molar-refractivity contribution in [1.29, 1.82) is 0 Å². The third-order valence-corrected chi connectivity index (χ3v) is 6.12. The fourth-order valence-electron chi connectivity index (χ4n) is 3.94. The number of pyridine rings is 1. The van der Waals surface area contributed by atoms with Crippen LogP contribution in [0.1, 0.15) is 17.2 Å².